The zero-order valence-corrected chi connectivity index (χ0v) is 22.4. The van der Waals surface area contributed by atoms with E-state index < -0.39 is 18.2 Å². The van der Waals surface area contributed by atoms with Crippen molar-refractivity contribution in [1.29, 1.82) is 0 Å². The fourth-order valence-corrected chi connectivity index (χ4v) is 5.19. The van der Waals surface area contributed by atoms with Crippen LogP contribution in [0.2, 0.25) is 0 Å². The van der Waals surface area contributed by atoms with Gasteiger partial charge in [0.2, 0.25) is 11.8 Å². The normalized spacial score (nSPS) is 21.4. The van der Waals surface area contributed by atoms with E-state index in [4.69, 9.17) is 14.5 Å². The molecule has 1 aromatic rings. The molecule has 1 aliphatic carbocycles. The van der Waals surface area contributed by atoms with Crippen LogP contribution in [0.5, 0.6) is 5.88 Å². The fourth-order valence-electron chi connectivity index (χ4n) is 5.19. The predicted molar refractivity (Wildman–Crippen MR) is 138 cm³/mol. The molecular formula is C28H45N3O4. The van der Waals surface area contributed by atoms with Crippen molar-refractivity contribution in [1.82, 2.24) is 15.6 Å². The van der Waals surface area contributed by atoms with E-state index in [9.17, 15) is 9.90 Å². The zero-order valence-electron chi connectivity index (χ0n) is 22.4. The third kappa shape index (κ3) is 7.05. The monoisotopic (exact) mass is 487 g/mol. The molecule has 0 aromatic carbocycles. The van der Waals surface area contributed by atoms with Crippen molar-refractivity contribution in [2.45, 2.75) is 103 Å². The number of amides is 1. The highest BCUT2D eigenvalue weighted by molar-refractivity contribution is 5.81. The summed E-state index contributed by atoms with van der Waals surface area (Å²) < 4.78 is 11.7. The number of nitrogens with zero attached hydrogens (tertiary/aromatic N) is 1. The highest BCUT2D eigenvalue weighted by Crippen LogP contribution is 2.48. The number of hydrogen-bond donors (Lipinski definition) is 3. The first-order valence-electron chi connectivity index (χ1n) is 13.0. The van der Waals surface area contributed by atoms with Crippen LogP contribution in [0.25, 0.3) is 0 Å². The van der Waals surface area contributed by atoms with Crippen LogP contribution >= 0.6 is 0 Å². The second kappa shape index (κ2) is 11.4. The Morgan fingerprint density at radius 3 is 2.66 bits per heavy atom. The molecule has 0 radical (unpaired) electrons. The smallest absolute Gasteiger partial charge is 0.249 e. The molecule has 2 aliphatic rings. The van der Waals surface area contributed by atoms with Crippen molar-refractivity contribution < 1.29 is 19.4 Å². The Hall–Kier alpha value is -1.96. The second-order valence-corrected chi connectivity index (χ2v) is 11.9. The van der Waals surface area contributed by atoms with E-state index in [1.54, 1.807) is 6.08 Å². The highest BCUT2D eigenvalue weighted by atomic mass is 16.5. The van der Waals surface area contributed by atoms with Crippen molar-refractivity contribution in [2.75, 3.05) is 13.7 Å². The number of hydrogen-bond acceptors (Lipinski definition) is 6. The van der Waals surface area contributed by atoms with Gasteiger partial charge in [-0.15, -0.1) is 6.58 Å². The SMILES string of the molecule is C=CC[C@H](NC(=O)[C@@H](OC)C(C)C)[C@H](O)CN[C@H]1CC2(CCC2)Oc2ncc(CC(C)(C)C)cc21. The van der Waals surface area contributed by atoms with Gasteiger partial charge in [-0.2, -0.15) is 0 Å². The largest absolute Gasteiger partial charge is 0.471 e. The van der Waals surface area contributed by atoms with Gasteiger partial charge in [0, 0.05) is 37.9 Å². The maximum Gasteiger partial charge on any atom is 0.249 e. The van der Waals surface area contributed by atoms with Gasteiger partial charge in [-0.25, -0.2) is 4.98 Å². The minimum Gasteiger partial charge on any atom is -0.471 e. The number of pyridine rings is 1. The topological polar surface area (TPSA) is 92.7 Å². The Balaban J connectivity index is 1.73. The average Bonchev–Trinajstić information content (AvgIpc) is 2.75. The predicted octanol–water partition coefficient (Wildman–Crippen LogP) is 4.10. The molecule has 1 aliphatic heterocycles. The summed E-state index contributed by atoms with van der Waals surface area (Å²) in [6.45, 7) is 14.7. The van der Waals surface area contributed by atoms with Crippen LogP contribution in [0, 0.1) is 11.3 Å². The maximum absolute atomic E-state index is 12.7. The molecule has 1 saturated carbocycles. The van der Waals surface area contributed by atoms with Crippen LogP contribution in [-0.2, 0) is 16.0 Å². The molecule has 4 atom stereocenters. The summed E-state index contributed by atoms with van der Waals surface area (Å²) in [5, 5.41) is 17.6. The minimum atomic E-state index is -0.782. The first-order valence-corrected chi connectivity index (χ1v) is 13.0. The summed E-state index contributed by atoms with van der Waals surface area (Å²) >= 11 is 0. The lowest BCUT2D eigenvalue weighted by atomic mass is 9.73. The van der Waals surface area contributed by atoms with Crippen molar-refractivity contribution in [2.24, 2.45) is 11.3 Å². The molecule has 1 aromatic heterocycles. The molecular weight excluding hydrogens is 442 g/mol. The van der Waals surface area contributed by atoms with Crippen LogP contribution in [0.15, 0.2) is 24.9 Å². The van der Waals surface area contributed by atoms with Gasteiger partial charge in [-0.05, 0) is 55.1 Å². The Morgan fingerprint density at radius 1 is 1.40 bits per heavy atom. The molecule has 3 N–H and O–H groups in total. The summed E-state index contributed by atoms with van der Waals surface area (Å²) in [6, 6.07) is 1.78. The Bertz CT molecular complexity index is 875. The number of carbonyl (C=O) groups is 1. The molecule has 0 saturated heterocycles. The maximum atomic E-state index is 12.7. The van der Waals surface area contributed by atoms with Gasteiger partial charge >= 0.3 is 0 Å². The van der Waals surface area contributed by atoms with E-state index in [0.29, 0.717) is 18.8 Å². The number of fused-ring (bicyclic) bond motifs is 1. The van der Waals surface area contributed by atoms with Crippen molar-refractivity contribution >= 4 is 5.91 Å². The number of ether oxygens (including phenoxy) is 2. The Kier molecular flexibility index (Phi) is 9.00. The number of methoxy groups -OCH3 is 1. The first-order chi connectivity index (χ1) is 16.5. The van der Waals surface area contributed by atoms with E-state index in [1.807, 2.05) is 20.0 Å². The Morgan fingerprint density at radius 2 is 2.11 bits per heavy atom. The summed E-state index contributed by atoms with van der Waals surface area (Å²) in [4.78, 5) is 17.4. The third-order valence-corrected chi connectivity index (χ3v) is 7.10. The van der Waals surface area contributed by atoms with E-state index in [1.165, 1.54) is 12.7 Å². The van der Waals surface area contributed by atoms with Crippen LogP contribution in [-0.4, -0.2) is 53.5 Å². The molecule has 0 unspecified atom stereocenters. The van der Waals surface area contributed by atoms with E-state index in [-0.39, 0.29) is 28.9 Å². The average molecular weight is 488 g/mol. The highest BCUT2D eigenvalue weighted by Gasteiger charge is 2.46. The van der Waals surface area contributed by atoms with Gasteiger partial charge < -0.3 is 25.2 Å². The lowest BCUT2D eigenvalue weighted by Crippen LogP contribution is -2.53. The summed E-state index contributed by atoms with van der Waals surface area (Å²) in [7, 11) is 1.53. The lowest BCUT2D eigenvalue weighted by Gasteiger charge is -2.47. The molecule has 2 heterocycles. The van der Waals surface area contributed by atoms with Gasteiger partial charge in [-0.1, -0.05) is 40.7 Å². The number of aliphatic hydroxyl groups is 1. The third-order valence-electron chi connectivity index (χ3n) is 7.10. The van der Waals surface area contributed by atoms with Gasteiger partial charge in [-0.3, -0.25) is 4.79 Å². The molecule has 196 valence electrons. The molecule has 1 fully saturated rings. The second-order valence-electron chi connectivity index (χ2n) is 11.9. The van der Waals surface area contributed by atoms with E-state index >= 15 is 0 Å². The van der Waals surface area contributed by atoms with Gasteiger partial charge in [0.1, 0.15) is 11.7 Å². The number of aliphatic hydroxyl groups excluding tert-OH is 1. The van der Waals surface area contributed by atoms with Crippen LogP contribution < -0.4 is 15.4 Å². The fraction of sp³-hybridized carbons (Fsp3) is 0.714. The standard InChI is InChI=1S/C28H45N3O4/c1-8-10-21(31-25(33)24(34-7)18(2)3)23(32)17-29-22-15-28(11-9-12-28)35-26-20(22)13-19(16-30-26)14-27(4,5)6/h8,13,16,18,21-24,29,32H,1,9-12,14-15,17H2,2-7H3,(H,31,33)/t21-,22-,23+,24-/m0/s1. The molecule has 3 rings (SSSR count). The number of nitrogens with one attached hydrogen (secondary N) is 2. The molecule has 7 nitrogen and oxygen atoms in total. The first kappa shape index (κ1) is 27.6. The van der Waals surface area contributed by atoms with Gasteiger partial charge in [0.05, 0.1) is 12.1 Å². The minimum absolute atomic E-state index is 0.0311. The molecule has 1 amide bonds. The van der Waals surface area contributed by atoms with Gasteiger partial charge in [0.15, 0.2) is 0 Å². The molecule has 1 spiro atoms. The van der Waals surface area contributed by atoms with E-state index in [0.717, 1.165) is 37.7 Å². The number of rotatable bonds is 11. The summed E-state index contributed by atoms with van der Waals surface area (Å²) in [6.07, 6.45) is 7.79. The lowest BCUT2D eigenvalue weighted by molar-refractivity contribution is -0.135. The van der Waals surface area contributed by atoms with Crippen molar-refractivity contribution in [3.63, 3.8) is 0 Å². The molecule has 0 bridgehead atoms. The molecule has 35 heavy (non-hydrogen) atoms. The summed E-state index contributed by atoms with van der Waals surface area (Å²) in [5.74, 6) is 0.525. The van der Waals surface area contributed by atoms with Crippen molar-refractivity contribution in [3.8, 4) is 5.88 Å². The van der Waals surface area contributed by atoms with E-state index in [2.05, 4.69) is 44.1 Å². The van der Waals surface area contributed by atoms with Crippen LogP contribution in [0.4, 0.5) is 0 Å². The van der Waals surface area contributed by atoms with Crippen molar-refractivity contribution in [3.05, 3.63) is 36.0 Å². The quantitative estimate of drug-likeness (QED) is 0.407. The number of aromatic nitrogens is 1. The van der Waals surface area contributed by atoms with Crippen LogP contribution in [0.3, 0.4) is 0 Å². The summed E-state index contributed by atoms with van der Waals surface area (Å²) in [5.41, 5.74) is 2.24. The molecule has 7 heteroatoms. The Labute approximate surface area is 211 Å². The zero-order chi connectivity index (χ0) is 25.8. The van der Waals surface area contributed by atoms with Crippen LogP contribution in [0.1, 0.15) is 83.9 Å². The number of carbonyl (C=O) groups excluding carboxylic acids is 1. The van der Waals surface area contributed by atoms with Gasteiger partial charge in [0.25, 0.3) is 0 Å².